The van der Waals surface area contributed by atoms with Gasteiger partial charge in [-0.05, 0) is 24.3 Å². The summed E-state index contributed by atoms with van der Waals surface area (Å²) in [5.41, 5.74) is 0.752. The number of carbonyl (C=O) groups excluding carboxylic acids is 1. The van der Waals surface area contributed by atoms with E-state index in [1.165, 1.54) is 32.4 Å². The molecular weight excluding hydrogens is 300 g/mol. The molecule has 0 bridgehead atoms. The van der Waals surface area contributed by atoms with Crippen molar-refractivity contribution in [2.24, 2.45) is 0 Å². The summed E-state index contributed by atoms with van der Waals surface area (Å²) in [6, 6.07) is 9.16. The summed E-state index contributed by atoms with van der Waals surface area (Å²) in [5, 5.41) is 19.9. The summed E-state index contributed by atoms with van der Waals surface area (Å²) in [7, 11) is 3.01. The van der Waals surface area contributed by atoms with E-state index in [4.69, 9.17) is 14.2 Å². The Morgan fingerprint density at radius 3 is 2.57 bits per heavy atom. The van der Waals surface area contributed by atoms with Crippen LogP contribution in [-0.2, 0) is 0 Å². The summed E-state index contributed by atoms with van der Waals surface area (Å²) >= 11 is 0. The van der Waals surface area contributed by atoms with Gasteiger partial charge in [-0.25, -0.2) is 0 Å². The maximum absolute atomic E-state index is 12.4. The standard InChI is InChI=1S/C17H16O6/c1-21-10-4-6-12(13(8-10)22-2)17-16(20)15(19)11-5-3-9(18)7-14(11)23-17/h3-8,16-18,20H,1-2H3. The van der Waals surface area contributed by atoms with Gasteiger partial charge in [0.2, 0.25) is 0 Å². The minimum atomic E-state index is -1.37. The molecule has 2 unspecified atom stereocenters. The molecule has 6 nitrogen and oxygen atoms in total. The molecule has 0 radical (unpaired) electrons. The van der Waals surface area contributed by atoms with Crippen LogP contribution >= 0.6 is 0 Å². The van der Waals surface area contributed by atoms with Gasteiger partial charge in [-0.2, -0.15) is 0 Å². The lowest BCUT2D eigenvalue weighted by atomic mass is 9.93. The van der Waals surface area contributed by atoms with Gasteiger partial charge in [0.05, 0.1) is 19.8 Å². The summed E-state index contributed by atoms with van der Waals surface area (Å²) < 4.78 is 16.2. The predicted octanol–water partition coefficient (Wildman–Crippen LogP) is 2.09. The first-order chi connectivity index (χ1) is 11.0. The number of aliphatic hydroxyl groups is 1. The molecule has 1 aliphatic rings. The molecule has 2 atom stereocenters. The Balaban J connectivity index is 2.06. The average Bonchev–Trinajstić information content (AvgIpc) is 2.57. The Hall–Kier alpha value is -2.73. The second kappa shape index (κ2) is 5.81. The molecule has 1 heterocycles. The number of phenols is 1. The first-order valence-electron chi connectivity index (χ1n) is 6.99. The van der Waals surface area contributed by atoms with Crippen molar-refractivity contribution < 1.29 is 29.2 Å². The van der Waals surface area contributed by atoms with Gasteiger partial charge in [-0.1, -0.05) is 0 Å². The molecule has 0 saturated heterocycles. The van der Waals surface area contributed by atoms with Crippen LogP contribution in [0.15, 0.2) is 36.4 Å². The largest absolute Gasteiger partial charge is 0.508 e. The third-order valence-corrected chi connectivity index (χ3v) is 3.79. The molecule has 3 rings (SSSR count). The third-order valence-electron chi connectivity index (χ3n) is 3.79. The number of Topliss-reactive ketones (excluding diaryl/α,β-unsaturated/α-hetero) is 1. The van der Waals surface area contributed by atoms with Gasteiger partial charge >= 0.3 is 0 Å². The first-order valence-corrected chi connectivity index (χ1v) is 6.99. The van der Waals surface area contributed by atoms with Crippen molar-refractivity contribution in [2.75, 3.05) is 14.2 Å². The van der Waals surface area contributed by atoms with Gasteiger partial charge in [0.1, 0.15) is 23.0 Å². The maximum atomic E-state index is 12.4. The zero-order chi connectivity index (χ0) is 16.6. The molecule has 0 aliphatic carbocycles. The molecule has 2 N–H and O–H groups in total. The number of fused-ring (bicyclic) bond motifs is 1. The molecule has 0 saturated carbocycles. The first kappa shape index (κ1) is 15.2. The highest BCUT2D eigenvalue weighted by atomic mass is 16.5. The van der Waals surface area contributed by atoms with E-state index in [9.17, 15) is 15.0 Å². The number of ether oxygens (including phenoxy) is 3. The zero-order valence-electron chi connectivity index (χ0n) is 12.6. The van der Waals surface area contributed by atoms with Crippen LogP contribution < -0.4 is 14.2 Å². The van der Waals surface area contributed by atoms with E-state index in [0.29, 0.717) is 17.1 Å². The monoisotopic (exact) mass is 316 g/mol. The van der Waals surface area contributed by atoms with Crippen molar-refractivity contribution in [2.45, 2.75) is 12.2 Å². The Morgan fingerprint density at radius 1 is 1.09 bits per heavy atom. The zero-order valence-corrected chi connectivity index (χ0v) is 12.6. The number of rotatable bonds is 3. The lowest BCUT2D eigenvalue weighted by Crippen LogP contribution is -2.36. The van der Waals surface area contributed by atoms with Crippen LogP contribution in [0, 0.1) is 0 Å². The fraction of sp³-hybridized carbons (Fsp3) is 0.235. The van der Waals surface area contributed by atoms with Crippen molar-refractivity contribution in [1.82, 2.24) is 0 Å². The number of hydrogen-bond acceptors (Lipinski definition) is 6. The second-order valence-electron chi connectivity index (χ2n) is 5.14. The summed E-state index contributed by atoms with van der Waals surface area (Å²) in [5.74, 6) is 0.760. The number of phenolic OH excluding ortho intramolecular Hbond substituents is 1. The van der Waals surface area contributed by atoms with Crippen molar-refractivity contribution in [1.29, 1.82) is 0 Å². The fourth-order valence-corrected chi connectivity index (χ4v) is 2.60. The van der Waals surface area contributed by atoms with Crippen LogP contribution in [0.25, 0.3) is 0 Å². The summed E-state index contributed by atoms with van der Waals surface area (Å²) in [4.78, 5) is 12.4. The van der Waals surface area contributed by atoms with E-state index in [2.05, 4.69) is 0 Å². The average molecular weight is 316 g/mol. The Labute approximate surface area is 132 Å². The molecule has 0 aromatic heterocycles. The minimum absolute atomic E-state index is 0.0200. The van der Waals surface area contributed by atoms with Crippen LogP contribution in [0.4, 0.5) is 0 Å². The van der Waals surface area contributed by atoms with Gasteiger partial charge in [-0.3, -0.25) is 4.79 Å². The van der Waals surface area contributed by atoms with Gasteiger partial charge in [0, 0.05) is 17.7 Å². The van der Waals surface area contributed by atoms with Crippen LogP contribution in [0.3, 0.4) is 0 Å². The number of aromatic hydroxyl groups is 1. The molecule has 0 fully saturated rings. The fourth-order valence-electron chi connectivity index (χ4n) is 2.60. The normalized spacial score (nSPS) is 19.7. The topological polar surface area (TPSA) is 85.2 Å². The number of methoxy groups -OCH3 is 2. The van der Waals surface area contributed by atoms with Crippen molar-refractivity contribution in [3.8, 4) is 23.0 Å². The highest BCUT2D eigenvalue weighted by Gasteiger charge is 2.38. The van der Waals surface area contributed by atoms with E-state index in [0.717, 1.165) is 0 Å². The number of carbonyl (C=O) groups is 1. The molecule has 23 heavy (non-hydrogen) atoms. The van der Waals surface area contributed by atoms with E-state index < -0.39 is 18.0 Å². The Morgan fingerprint density at radius 2 is 1.87 bits per heavy atom. The molecule has 2 aromatic rings. The second-order valence-corrected chi connectivity index (χ2v) is 5.14. The number of benzene rings is 2. The van der Waals surface area contributed by atoms with Gasteiger partial charge in [0.15, 0.2) is 18.0 Å². The number of ketones is 1. The van der Waals surface area contributed by atoms with Gasteiger partial charge in [-0.15, -0.1) is 0 Å². The molecule has 1 aliphatic heterocycles. The van der Waals surface area contributed by atoms with Crippen molar-refractivity contribution in [3.63, 3.8) is 0 Å². The molecule has 0 amide bonds. The third kappa shape index (κ3) is 2.57. The van der Waals surface area contributed by atoms with Crippen LogP contribution in [0.1, 0.15) is 22.0 Å². The van der Waals surface area contributed by atoms with Gasteiger partial charge in [0.25, 0.3) is 0 Å². The SMILES string of the molecule is COc1ccc(C2Oc3cc(O)ccc3C(=O)C2O)c(OC)c1. The van der Waals surface area contributed by atoms with Crippen LogP contribution in [-0.4, -0.2) is 36.3 Å². The highest BCUT2D eigenvalue weighted by Crippen LogP contribution is 2.40. The molecular formula is C17H16O6. The summed E-state index contributed by atoms with van der Waals surface area (Å²) in [6.07, 6.45) is -2.30. The molecule has 2 aromatic carbocycles. The van der Waals surface area contributed by atoms with Crippen LogP contribution in [0.5, 0.6) is 23.0 Å². The van der Waals surface area contributed by atoms with Crippen LogP contribution in [0.2, 0.25) is 0 Å². The van der Waals surface area contributed by atoms with E-state index in [1.54, 1.807) is 18.2 Å². The van der Waals surface area contributed by atoms with Crippen molar-refractivity contribution >= 4 is 5.78 Å². The van der Waals surface area contributed by atoms with E-state index >= 15 is 0 Å². The van der Waals surface area contributed by atoms with Gasteiger partial charge < -0.3 is 24.4 Å². The Kier molecular flexibility index (Phi) is 3.83. The number of hydrogen-bond donors (Lipinski definition) is 2. The maximum Gasteiger partial charge on any atom is 0.199 e. The predicted molar refractivity (Wildman–Crippen MR) is 81.4 cm³/mol. The number of aliphatic hydroxyl groups excluding tert-OH is 1. The molecule has 6 heteroatoms. The molecule has 120 valence electrons. The highest BCUT2D eigenvalue weighted by molar-refractivity contribution is 6.03. The molecule has 0 spiro atoms. The summed E-state index contributed by atoms with van der Waals surface area (Å²) in [6.45, 7) is 0. The van der Waals surface area contributed by atoms with E-state index in [-0.39, 0.29) is 17.1 Å². The lowest BCUT2D eigenvalue weighted by molar-refractivity contribution is 0.0207. The quantitative estimate of drug-likeness (QED) is 0.902. The lowest BCUT2D eigenvalue weighted by Gasteiger charge is -2.30. The smallest absolute Gasteiger partial charge is 0.199 e. The van der Waals surface area contributed by atoms with E-state index in [1.807, 2.05) is 0 Å². The minimum Gasteiger partial charge on any atom is -0.508 e. The van der Waals surface area contributed by atoms with Crippen molar-refractivity contribution in [3.05, 3.63) is 47.5 Å². The Bertz CT molecular complexity index is 755.